The van der Waals surface area contributed by atoms with Gasteiger partial charge in [0.25, 0.3) is 5.91 Å². The zero-order valence-corrected chi connectivity index (χ0v) is 20.8. The number of amides is 3. The van der Waals surface area contributed by atoms with Crippen molar-refractivity contribution < 1.29 is 23.9 Å². The molecule has 0 unspecified atom stereocenters. The smallest absolute Gasteiger partial charge is 0.348 e. The van der Waals surface area contributed by atoms with Crippen molar-refractivity contribution in [2.75, 3.05) is 13.2 Å². The lowest BCUT2D eigenvalue weighted by molar-refractivity contribution is -0.155. The molecule has 2 aliphatic rings. The summed E-state index contributed by atoms with van der Waals surface area (Å²) in [4.78, 5) is 44.6. The number of ether oxygens (including phenoxy) is 2. The van der Waals surface area contributed by atoms with Crippen molar-refractivity contribution in [3.63, 3.8) is 0 Å². The molecule has 0 radical (unpaired) electrons. The van der Waals surface area contributed by atoms with Crippen LogP contribution in [-0.2, 0) is 19.1 Å². The number of esters is 1. The van der Waals surface area contributed by atoms with Gasteiger partial charge in [0.1, 0.15) is 5.60 Å². The van der Waals surface area contributed by atoms with Gasteiger partial charge in [0.05, 0.1) is 11.4 Å². The number of nitrogens with zero attached hydrogens (tertiary/aromatic N) is 2. The lowest BCUT2D eigenvalue weighted by Gasteiger charge is -2.25. The summed E-state index contributed by atoms with van der Waals surface area (Å²) in [5, 5.41) is 2.23. The Kier molecular flexibility index (Phi) is 8.36. The molecule has 0 fully saturated rings. The highest BCUT2D eigenvalue weighted by molar-refractivity contribution is 6.70. The van der Waals surface area contributed by atoms with Gasteiger partial charge in [-0.3, -0.25) is 14.9 Å². The SMILES string of the molecule is Cc1cc2c(cc1C)[C@H](CCCOCCCC(=O)OC(C)(C)C)CCC1=NC(=O)NC(=O)C1=N2. The molecule has 1 aromatic carbocycles. The summed E-state index contributed by atoms with van der Waals surface area (Å²) in [5.74, 6) is -0.476. The number of rotatable bonds is 8. The number of carbonyl (C=O) groups is 3. The lowest BCUT2D eigenvalue weighted by Crippen LogP contribution is -2.44. The minimum Gasteiger partial charge on any atom is -0.460 e. The molecule has 0 saturated carbocycles. The van der Waals surface area contributed by atoms with Gasteiger partial charge in [-0.2, -0.15) is 4.99 Å². The van der Waals surface area contributed by atoms with Crippen molar-refractivity contribution >= 4 is 35.0 Å². The Morgan fingerprint density at radius 1 is 1.09 bits per heavy atom. The molecular weight excluding hydrogens is 434 g/mol. The highest BCUT2D eigenvalue weighted by Crippen LogP contribution is 2.37. The van der Waals surface area contributed by atoms with Gasteiger partial charge in [-0.1, -0.05) is 6.07 Å². The van der Waals surface area contributed by atoms with Crippen LogP contribution in [0.1, 0.15) is 81.9 Å². The van der Waals surface area contributed by atoms with Crippen LogP contribution in [0.2, 0.25) is 0 Å². The van der Waals surface area contributed by atoms with Crippen molar-refractivity contribution in [2.45, 2.75) is 84.7 Å². The predicted octanol–water partition coefficient (Wildman–Crippen LogP) is 4.86. The number of aryl methyl sites for hydroxylation is 2. The van der Waals surface area contributed by atoms with Crippen LogP contribution in [0.4, 0.5) is 10.5 Å². The fourth-order valence-electron chi connectivity index (χ4n) is 4.16. The summed E-state index contributed by atoms with van der Waals surface area (Å²) in [6.07, 6.45) is 4.01. The third kappa shape index (κ3) is 7.06. The minimum absolute atomic E-state index is 0.203. The number of aliphatic imine (C=N–C) groups is 2. The second-order valence-corrected chi connectivity index (χ2v) is 9.95. The van der Waals surface area contributed by atoms with Crippen LogP contribution in [0, 0.1) is 13.8 Å². The van der Waals surface area contributed by atoms with Crippen molar-refractivity contribution in [1.82, 2.24) is 5.32 Å². The molecule has 1 aromatic rings. The third-order valence-corrected chi connectivity index (χ3v) is 5.92. The molecule has 8 heteroatoms. The van der Waals surface area contributed by atoms with Crippen LogP contribution < -0.4 is 5.32 Å². The summed E-state index contributed by atoms with van der Waals surface area (Å²) < 4.78 is 11.1. The molecule has 184 valence electrons. The van der Waals surface area contributed by atoms with E-state index in [9.17, 15) is 14.4 Å². The van der Waals surface area contributed by atoms with Gasteiger partial charge in [0.2, 0.25) is 0 Å². The van der Waals surface area contributed by atoms with E-state index in [4.69, 9.17) is 9.47 Å². The number of imide groups is 1. The van der Waals surface area contributed by atoms with E-state index in [0.717, 1.165) is 36.1 Å². The number of urea groups is 1. The van der Waals surface area contributed by atoms with E-state index in [1.807, 2.05) is 33.8 Å². The molecule has 3 rings (SSSR count). The summed E-state index contributed by atoms with van der Waals surface area (Å²) in [6.45, 7) is 10.8. The normalized spacial score (nSPS) is 18.1. The highest BCUT2D eigenvalue weighted by atomic mass is 16.6. The van der Waals surface area contributed by atoms with E-state index >= 15 is 0 Å². The third-order valence-electron chi connectivity index (χ3n) is 5.92. The molecule has 1 atom stereocenters. The minimum atomic E-state index is -0.629. The number of benzene rings is 1. The maximum atomic E-state index is 12.4. The molecule has 0 saturated heterocycles. The Bertz CT molecular complexity index is 1020. The molecule has 0 aliphatic carbocycles. The molecule has 0 aromatic heterocycles. The monoisotopic (exact) mass is 469 g/mol. The molecule has 2 aliphatic heterocycles. The Hall–Kier alpha value is -2.87. The summed E-state index contributed by atoms with van der Waals surface area (Å²) in [5.41, 5.74) is 4.38. The molecular formula is C26H35N3O5. The largest absolute Gasteiger partial charge is 0.460 e. The van der Waals surface area contributed by atoms with Gasteiger partial charge in [0, 0.05) is 19.6 Å². The first-order valence-corrected chi connectivity index (χ1v) is 12.0. The van der Waals surface area contributed by atoms with Crippen LogP contribution >= 0.6 is 0 Å². The van der Waals surface area contributed by atoms with Gasteiger partial charge in [-0.15, -0.1) is 0 Å². The lowest BCUT2D eigenvalue weighted by atomic mass is 9.84. The van der Waals surface area contributed by atoms with Crippen LogP contribution in [0.5, 0.6) is 0 Å². The number of carbonyl (C=O) groups excluding carboxylic acids is 3. The van der Waals surface area contributed by atoms with Crippen LogP contribution in [0.25, 0.3) is 0 Å². The van der Waals surface area contributed by atoms with E-state index in [-0.39, 0.29) is 17.6 Å². The number of hydrogen-bond acceptors (Lipinski definition) is 6. The van der Waals surface area contributed by atoms with Crippen LogP contribution in [-0.4, -0.2) is 48.1 Å². The first kappa shape index (κ1) is 25.7. The molecule has 0 bridgehead atoms. The number of fused-ring (bicyclic) bond motifs is 2. The zero-order valence-electron chi connectivity index (χ0n) is 20.8. The number of nitrogens with one attached hydrogen (secondary N) is 1. The molecule has 34 heavy (non-hydrogen) atoms. The first-order valence-electron chi connectivity index (χ1n) is 12.0. The van der Waals surface area contributed by atoms with E-state index in [1.165, 1.54) is 5.56 Å². The summed E-state index contributed by atoms with van der Waals surface area (Å²) >= 11 is 0. The summed E-state index contributed by atoms with van der Waals surface area (Å²) in [6, 6.07) is 3.54. The molecule has 1 N–H and O–H groups in total. The zero-order chi connectivity index (χ0) is 24.9. The summed E-state index contributed by atoms with van der Waals surface area (Å²) in [7, 11) is 0. The van der Waals surface area contributed by atoms with Crippen molar-refractivity contribution in [3.05, 3.63) is 28.8 Å². The predicted molar refractivity (Wildman–Crippen MR) is 131 cm³/mol. The first-order chi connectivity index (χ1) is 16.0. The Balaban J connectivity index is 1.60. The average Bonchev–Trinajstić information content (AvgIpc) is 2.71. The molecule has 2 heterocycles. The fraction of sp³-hybridized carbons (Fsp3) is 0.577. The second-order valence-electron chi connectivity index (χ2n) is 9.95. The van der Waals surface area contributed by atoms with E-state index in [0.29, 0.717) is 38.2 Å². The topological polar surface area (TPSA) is 106 Å². The standard InChI is InChI=1S/C26H35N3O5/c1-16-14-19-18(8-6-12-33-13-7-9-22(30)34-26(3,4)5)10-11-20-23(24(31)29-25(32)28-20)27-21(19)15-17(16)2/h14-15,18H,6-13H2,1-5H3,(H,29,31,32)/t18-/m1/s1. The molecule has 0 spiro atoms. The maximum absolute atomic E-state index is 12.4. The van der Waals surface area contributed by atoms with Gasteiger partial charge in [-0.25, -0.2) is 9.79 Å². The fourth-order valence-corrected chi connectivity index (χ4v) is 4.16. The highest BCUT2D eigenvalue weighted by Gasteiger charge is 2.30. The van der Waals surface area contributed by atoms with Gasteiger partial charge in [-0.05, 0) is 95.4 Å². The Labute approximate surface area is 201 Å². The van der Waals surface area contributed by atoms with Gasteiger partial charge in [0.15, 0.2) is 5.71 Å². The van der Waals surface area contributed by atoms with E-state index in [2.05, 4.69) is 28.3 Å². The van der Waals surface area contributed by atoms with Crippen molar-refractivity contribution in [3.8, 4) is 0 Å². The molecule has 3 amide bonds. The Morgan fingerprint density at radius 2 is 1.79 bits per heavy atom. The van der Waals surface area contributed by atoms with E-state index in [1.54, 1.807) is 0 Å². The molecule has 8 nitrogen and oxygen atoms in total. The quantitative estimate of drug-likeness (QED) is 0.432. The maximum Gasteiger partial charge on any atom is 0.348 e. The van der Waals surface area contributed by atoms with Gasteiger partial charge < -0.3 is 9.47 Å². The second kappa shape index (κ2) is 11.0. The van der Waals surface area contributed by atoms with Gasteiger partial charge >= 0.3 is 12.0 Å². The van der Waals surface area contributed by atoms with Crippen molar-refractivity contribution in [1.29, 1.82) is 0 Å². The Morgan fingerprint density at radius 3 is 2.53 bits per heavy atom. The van der Waals surface area contributed by atoms with Crippen LogP contribution in [0.3, 0.4) is 0 Å². The van der Waals surface area contributed by atoms with Crippen molar-refractivity contribution in [2.24, 2.45) is 9.98 Å². The average molecular weight is 470 g/mol. The number of hydrogen-bond donors (Lipinski definition) is 1. The van der Waals surface area contributed by atoms with Crippen LogP contribution in [0.15, 0.2) is 22.1 Å². The van der Waals surface area contributed by atoms with E-state index < -0.39 is 17.5 Å².